The summed E-state index contributed by atoms with van der Waals surface area (Å²) in [4.78, 5) is 27.2. The zero-order valence-electron chi connectivity index (χ0n) is 21.2. The van der Waals surface area contributed by atoms with Crippen molar-refractivity contribution in [1.29, 1.82) is 0 Å². The van der Waals surface area contributed by atoms with Gasteiger partial charge in [-0.3, -0.25) is 19.4 Å². The van der Waals surface area contributed by atoms with Crippen molar-refractivity contribution >= 4 is 17.6 Å². The molecule has 3 rings (SSSR count). The molecule has 1 unspecified atom stereocenters. The summed E-state index contributed by atoms with van der Waals surface area (Å²) in [7, 11) is 0. The van der Waals surface area contributed by atoms with Gasteiger partial charge in [-0.05, 0) is 60.2 Å². The molecule has 0 saturated carbocycles. The lowest BCUT2D eigenvalue weighted by Gasteiger charge is -2.35. The first-order valence-electron chi connectivity index (χ1n) is 12.5. The molecular weight excluding hydrogens is 486 g/mol. The van der Waals surface area contributed by atoms with Crippen LogP contribution in [0.2, 0.25) is 0 Å². The van der Waals surface area contributed by atoms with Crippen molar-refractivity contribution in [1.82, 2.24) is 9.80 Å². The third-order valence-electron chi connectivity index (χ3n) is 6.48. The molecular formula is C29H35N3O6. The summed E-state index contributed by atoms with van der Waals surface area (Å²) in [5.41, 5.74) is 8.82. The lowest BCUT2D eigenvalue weighted by atomic mass is 10.0. The zero-order chi connectivity index (χ0) is 27.5. The van der Waals surface area contributed by atoms with E-state index < -0.39 is 11.9 Å². The number of aliphatic carboxylic acids is 2. The monoisotopic (exact) mass is 521 g/mol. The Balaban J connectivity index is 1.86. The number of nitrogens with zero attached hydrogens (tertiary/aromatic N) is 2. The minimum Gasteiger partial charge on any atom is -0.508 e. The molecule has 202 valence electrons. The summed E-state index contributed by atoms with van der Waals surface area (Å²) in [6.45, 7) is 0.532. The van der Waals surface area contributed by atoms with E-state index in [2.05, 4.69) is 0 Å². The Morgan fingerprint density at radius 1 is 0.737 bits per heavy atom. The van der Waals surface area contributed by atoms with Crippen molar-refractivity contribution in [2.75, 3.05) is 38.5 Å². The predicted octanol–water partition coefficient (Wildman–Crippen LogP) is 2.85. The molecule has 0 aliphatic heterocycles. The number of carbonyl (C=O) groups is 2. The smallest absolute Gasteiger partial charge is 0.317 e. The van der Waals surface area contributed by atoms with E-state index in [9.17, 15) is 30.0 Å². The first-order chi connectivity index (χ1) is 18.2. The van der Waals surface area contributed by atoms with E-state index in [0.29, 0.717) is 55.7 Å². The molecule has 0 amide bonds. The molecule has 9 heteroatoms. The highest BCUT2D eigenvalue weighted by atomic mass is 16.4. The number of hydrogen-bond acceptors (Lipinski definition) is 7. The van der Waals surface area contributed by atoms with Crippen molar-refractivity contribution in [3.05, 3.63) is 89.5 Å². The number of rotatable bonds is 15. The van der Waals surface area contributed by atoms with E-state index in [0.717, 1.165) is 5.56 Å². The van der Waals surface area contributed by atoms with Crippen molar-refractivity contribution < 1.29 is 30.0 Å². The fraction of sp³-hybridized carbons (Fsp3) is 0.310. The number of phenols is 2. The average molecular weight is 522 g/mol. The molecule has 0 radical (unpaired) electrons. The number of hydrogen-bond donors (Lipinski definition) is 5. The Morgan fingerprint density at radius 2 is 1.26 bits per heavy atom. The minimum atomic E-state index is -0.997. The lowest BCUT2D eigenvalue weighted by molar-refractivity contribution is -0.141. The topological polar surface area (TPSA) is 148 Å². The van der Waals surface area contributed by atoms with Crippen LogP contribution in [0.4, 0.5) is 5.69 Å². The first-order valence-corrected chi connectivity index (χ1v) is 12.5. The Bertz CT molecular complexity index is 1200. The van der Waals surface area contributed by atoms with Gasteiger partial charge in [-0.15, -0.1) is 0 Å². The van der Waals surface area contributed by atoms with Crippen molar-refractivity contribution in [3.8, 4) is 11.5 Å². The second-order valence-corrected chi connectivity index (χ2v) is 9.35. The van der Waals surface area contributed by atoms with E-state index in [-0.39, 0.29) is 30.6 Å². The largest absolute Gasteiger partial charge is 0.508 e. The van der Waals surface area contributed by atoms with Crippen LogP contribution < -0.4 is 5.73 Å². The molecule has 0 bridgehead atoms. The molecule has 9 nitrogen and oxygen atoms in total. The van der Waals surface area contributed by atoms with Crippen molar-refractivity contribution in [3.63, 3.8) is 0 Å². The first kappa shape index (κ1) is 28.5. The van der Waals surface area contributed by atoms with Crippen LogP contribution in [0.5, 0.6) is 11.5 Å². The fourth-order valence-corrected chi connectivity index (χ4v) is 4.51. The minimum absolute atomic E-state index is 0.146. The highest BCUT2D eigenvalue weighted by Crippen LogP contribution is 2.20. The summed E-state index contributed by atoms with van der Waals surface area (Å²) in [5.74, 6) is -1.69. The second-order valence-electron chi connectivity index (χ2n) is 9.35. The van der Waals surface area contributed by atoms with Crippen LogP contribution in [0, 0.1) is 0 Å². The summed E-state index contributed by atoms with van der Waals surface area (Å²) in [5, 5.41) is 39.7. The van der Waals surface area contributed by atoms with Crippen LogP contribution >= 0.6 is 0 Å². The molecule has 38 heavy (non-hydrogen) atoms. The Morgan fingerprint density at radius 3 is 1.79 bits per heavy atom. The van der Waals surface area contributed by atoms with Crippen LogP contribution in [0.3, 0.4) is 0 Å². The molecule has 3 aromatic rings. The fourth-order valence-electron chi connectivity index (χ4n) is 4.51. The van der Waals surface area contributed by atoms with Crippen LogP contribution in [0.15, 0.2) is 72.8 Å². The van der Waals surface area contributed by atoms with Crippen molar-refractivity contribution in [2.45, 2.75) is 25.3 Å². The molecule has 0 aliphatic rings. The second kappa shape index (κ2) is 14.0. The van der Waals surface area contributed by atoms with Gasteiger partial charge < -0.3 is 26.2 Å². The quantitative estimate of drug-likeness (QED) is 0.190. The Labute approximate surface area is 222 Å². The maximum absolute atomic E-state index is 11.9. The van der Waals surface area contributed by atoms with Gasteiger partial charge in [-0.25, -0.2) is 0 Å². The molecule has 0 spiro atoms. The highest BCUT2D eigenvalue weighted by Gasteiger charge is 2.25. The van der Waals surface area contributed by atoms with Gasteiger partial charge in [0.2, 0.25) is 0 Å². The van der Waals surface area contributed by atoms with Crippen LogP contribution in [-0.4, -0.2) is 80.9 Å². The molecule has 0 heterocycles. The molecule has 0 aromatic heterocycles. The average Bonchev–Trinajstić information content (AvgIpc) is 2.87. The number of nitrogens with two attached hydrogens (primary N) is 1. The van der Waals surface area contributed by atoms with Gasteiger partial charge in [-0.1, -0.05) is 48.5 Å². The SMILES string of the molecule is Nc1ccc(CC(CN(CCc2ccccc2O)CC(=O)O)N(CCc2ccccc2O)CC(=O)O)cc1. The molecule has 6 N–H and O–H groups in total. The number of anilines is 1. The van der Waals surface area contributed by atoms with Crippen LogP contribution in [0.1, 0.15) is 16.7 Å². The van der Waals surface area contributed by atoms with E-state index >= 15 is 0 Å². The lowest BCUT2D eigenvalue weighted by Crippen LogP contribution is -2.49. The third-order valence-corrected chi connectivity index (χ3v) is 6.48. The van der Waals surface area contributed by atoms with Crippen molar-refractivity contribution in [2.24, 2.45) is 0 Å². The number of benzene rings is 3. The predicted molar refractivity (Wildman–Crippen MR) is 145 cm³/mol. The van der Waals surface area contributed by atoms with Gasteiger partial charge in [0.1, 0.15) is 11.5 Å². The number of nitrogen functional groups attached to an aromatic ring is 1. The zero-order valence-corrected chi connectivity index (χ0v) is 21.2. The van der Waals surface area contributed by atoms with Gasteiger partial charge in [0, 0.05) is 31.4 Å². The number of para-hydroxylation sites is 2. The third kappa shape index (κ3) is 9.10. The van der Waals surface area contributed by atoms with E-state index in [1.165, 1.54) is 0 Å². The maximum Gasteiger partial charge on any atom is 0.317 e. The van der Waals surface area contributed by atoms with Gasteiger partial charge in [0.25, 0.3) is 0 Å². The normalized spacial score (nSPS) is 12.1. The Hall–Kier alpha value is -4.08. The summed E-state index contributed by atoms with van der Waals surface area (Å²) >= 11 is 0. The Kier molecular flexibility index (Phi) is 10.5. The van der Waals surface area contributed by atoms with Crippen LogP contribution in [-0.2, 0) is 28.9 Å². The summed E-state index contributed by atoms with van der Waals surface area (Å²) in [6, 6.07) is 20.8. The number of phenolic OH excluding ortho intramolecular Hbond substituents is 2. The van der Waals surface area contributed by atoms with Crippen LogP contribution in [0.25, 0.3) is 0 Å². The van der Waals surface area contributed by atoms with Gasteiger partial charge in [-0.2, -0.15) is 0 Å². The number of carboxylic acid groups (broad SMARTS) is 2. The molecule has 1 atom stereocenters. The van der Waals surface area contributed by atoms with Gasteiger partial charge in [0.15, 0.2) is 0 Å². The number of carboxylic acids is 2. The van der Waals surface area contributed by atoms with E-state index in [1.807, 2.05) is 29.2 Å². The summed E-state index contributed by atoms with van der Waals surface area (Å²) < 4.78 is 0. The van der Waals surface area contributed by atoms with Gasteiger partial charge >= 0.3 is 11.9 Å². The molecule has 0 aliphatic carbocycles. The molecule has 3 aromatic carbocycles. The standard InChI is InChI=1S/C29H35N3O6/c30-24-11-9-21(10-12-24)17-25(32(20-29(37)38)16-14-23-6-2-4-8-27(23)34)18-31(19-28(35)36)15-13-22-5-1-3-7-26(22)33/h1-12,25,33-34H,13-20,30H2,(H,35,36)(H,37,38). The molecule has 0 saturated heterocycles. The van der Waals surface area contributed by atoms with E-state index in [1.54, 1.807) is 53.4 Å². The molecule has 0 fully saturated rings. The summed E-state index contributed by atoms with van der Waals surface area (Å²) in [6.07, 6.45) is 1.33. The highest BCUT2D eigenvalue weighted by molar-refractivity contribution is 5.69. The number of aromatic hydroxyl groups is 2. The van der Waals surface area contributed by atoms with Gasteiger partial charge in [0.05, 0.1) is 13.1 Å². The van der Waals surface area contributed by atoms with E-state index in [4.69, 9.17) is 5.73 Å². The maximum atomic E-state index is 11.9.